The second-order valence-corrected chi connectivity index (χ2v) is 7.30. The number of carbonyl (C=O) groups excluding carboxylic acids is 1. The van der Waals surface area contributed by atoms with Crippen molar-refractivity contribution < 1.29 is 14.6 Å². The molecule has 6 heteroatoms. The molecule has 1 N–H and O–H groups in total. The van der Waals surface area contributed by atoms with Crippen LogP contribution in [0.5, 0.6) is 0 Å². The minimum atomic E-state index is -0.448. The van der Waals surface area contributed by atoms with Gasteiger partial charge in [0.15, 0.2) is 0 Å². The molecule has 5 nitrogen and oxygen atoms in total. The lowest BCUT2D eigenvalue weighted by molar-refractivity contribution is 0.0112. The van der Waals surface area contributed by atoms with Crippen LogP contribution in [0.15, 0.2) is 11.4 Å². The molecule has 2 heterocycles. The number of ether oxygens (including phenoxy) is 1. The number of hydrogen-bond donors (Lipinski definition) is 1. The van der Waals surface area contributed by atoms with Gasteiger partial charge in [-0.2, -0.15) is 0 Å². The summed E-state index contributed by atoms with van der Waals surface area (Å²) in [4.78, 5) is 17.8. The summed E-state index contributed by atoms with van der Waals surface area (Å²) in [7, 11) is 0. The van der Waals surface area contributed by atoms with Crippen molar-refractivity contribution in [2.24, 2.45) is 0 Å². The summed E-state index contributed by atoms with van der Waals surface area (Å²) >= 11 is 1.58. The minimum absolute atomic E-state index is 0.191. The van der Waals surface area contributed by atoms with Gasteiger partial charge >= 0.3 is 0 Å². The molecule has 1 unspecified atom stereocenters. The predicted molar refractivity (Wildman–Crippen MR) is 91.1 cm³/mol. The van der Waals surface area contributed by atoms with Crippen LogP contribution in [0.25, 0.3) is 0 Å². The highest BCUT2D eigenvalue weighted by atomic mass is 32.1. The Morgan fingerprint density at radius 2 is 2.13 bits per heavy atom. The molecule has 1 aromatic heterocycles. The summed E-state index contributed by atoms with van der Waals surface area (Å²) in [6.45, 7) is 6.67. The third-order valence-electron chi connectivity index (χ3n) is 4.55. The zero-order valence-electron chi connectivity index (χ0n) is 13.7. The highest BCUT2D eigenvalue weighted by Crippen LogP contribution is 2.43. The first kappa shape index (κ1) is 16.9. The molecule has 1 aliphatic carbocycles. The lowest BCUT2D eigenvalue weighted by Gasteiger charge is -2.35. The van der Waals surface area contributed by atoms with Crippen molar-refractivity contribution in [3.63, 3.8) is 0 Å². The maximum absolute atomic E-state index is 12.7. The molecule has 2 fully saturated rings. The fourth-order valence-electron chi connectivity index (χ4n) is 3.09. The molecule has 1 amide bonds. The van der Waals surface area contributed by atoms with Gasteiger partial charge in [0.2, 0.25) is 0 Å². The maximum atomic E-state index is 12.7. The molecule has 3 rings (SSSR count). The molecule has 0 spiro atoms. The molecule has 1 saturated heterocycles. The number of aliphatic hydroxyl groups is 1. The van der Waals surface area contributed by atoms with E-state index < -0.39 is 6.10 Å². The molecular weight excluding hydrogens is 312 g/mol. The van der Waals surface area contributed by atoms with E-state index in [1.54, 1.807) is 11.3 Å². The normalized spacial score (nSPS) is 20.7. The van der Waals surface area contributed by atoms with E-state index in [4.69, 9.17) is 4.74 Å². The van der Waals surface area contributed by atoms with Crippen LogP contribution < -0.4 is 0 Å². The Morgan fingerprint density at radius 3 is 2.78 bits per heavy atom. The summed E-state index contributed by atoms with van der Waals surface area (Å²) in [5.41, 5.74) is 1.26. The van der Waals surface area contributed by atoms with Gasteiger partial charge in [0.05, 0.1) is 17.6 Å². The first-order valence-electron chi connectivity index (χ1n) is 8.54. The number of carbonyl (C=O) groups is 1. The minimum Gasteiger partial charge on any atom is -0.389 e. The van der Waals surface area contributed by atoms with E-state index >= 15 is 0 Å². The second-order valence-electron chi connectivity index (χ2n) is 6.39. The average Bonchev–Trinajstić information content (AvgIpc) is 3.30. The standard InChI is InChI=1S/C17H26N2O3S/c1-2-22-12-14(20)11-18-6-8-19(9-7-18)17(21)16-15(5-10-23-16)13-3-4-13/h5,10,13-14,20H,2-4,6-9,11-12H2,1H3. The van der Waals surface area contributed by atoms with Gasteiger partial charge < -0.3 is 14.7 Å². The topological polar surface area (TPSA) is 53.0 Å². The smallest absolute Gasteiger partial charge is 0.264 e. The molecule has 23 heavy (non-hydrogen) atoms. The lowest BCUT2D eigenvalue weighted by atomic mass is 10.1. The monoisotopic (exact) mass is 338 g/mol. The molecule has 1 aromatic rings. The largest absolute Gasteiger partial charge is 0.389 e. The van der Waals surface area contributed by atoms with Gasteiger partial charge in [0, 0.05) is 39.3 Å². The third kappa shape index (κ3) is 4.32. The van der Waals surface area contributed by atoms with Gasteiger partial charge in [-0.1, -0.05) is 0 Å². The lowest BCUT2D eigenvalue weighted by Crippen LogP contribution is -2.50. The Balaban J connectivity index is 1.48. The number of thiophene rings is 1. The Kier molecular flexibility index (Phi) is 5.69. The van der Waals surface area contributed by atoms with Crippen molar-refractivity contribution in [1.82, 2.24) is 9.80 Å². The molecule has 1 atom stereocenters. The number of hydrogen-bond acceptors (Lipinski definition) is 5. The van der Waals surface area contributed by atoms with E-state index in [9.17, 15) is 9.90 Å². The number of nitrogens with zero attached hydrogens (tertiary/aromatic N) is 2. The predicted octanol–water partition coefficient (Wildman–Crippen LogP) is 1.78. The Bertz CT molecular complexity index is 522. The van der Waals surface area contributed by atoms with E-state index in [0.29, 0.717) is 25.7 Å². The van der Waals surface area contributed by atoms with Crippen LogP contribution in [0.3, 0.4) is 0 Å². The SMILES string of the molecule is CCOCC(O)CN1CCN(C(=O)c2sccc2C2CC2)CC1. The van der Waals surface area contributed by atoms with E-state index in [1.807, 2.05) is 17.2 Å². The summed E-state index contributed by atoms with van der Waals surface area (Å²) in [5, 5.41) is 12.0. The van der Waals surface area contributed by atoms with E-state index in [2.05, 4.69) is 11.0 Å². The summed E-state index contributed by atoms with van der Waals surface area (Å²) in [6.07, 6.45) is 2.00. The molecule has 0 bridgehead atoms. The molecule has 1 saturated carbocycles. The zero-order valence-corrected chi connectivity index (χ0v) is 14.6. The fraction of sp³-hybridized carbons (Fsp3) is 0.706. The van der Waals surface area contributed by atoms with Gasteiger partial charge in [0.1, 0.15) is 0 Å². The maximum Gasteiger partial charge on any atom is 0.264 e. The number of amides is 1. The Labute approximate surface area is 141 Å². The molecule has 128 valence electrons. The van der Waals surface area contributed by atoms with Gasteiger partial charge in [-0.15, -0.1) is 11.3 Å². The number of aliphatic hydroxyl groups excluding tert-OH is 1. The van der Waals surface area contributed by atoms with Crippen LogP contribution >= 0.6 is 11.3 Å². The molecule has 0 radical (unpaired) electrons. The van der Waals surface area contributed by atoms with Crippen LogP contribution in [0.1, 0.15) is 40.9 Å². The van der Waals surface area contributed by atoms with Gasteiger partial charge in [-0.25, -0.2) is 0 Å². The number of β-amino-alcohol motifs (C(OH)–C–C–N with tert-alkyl or cyclic N) is 1. The molecular formula is C17H26N2O3S. The summed E-state index contributed by atoms with van der Waals surface area (Å²) in [6, 6.07) is 2.12. The van der Waals surface area contributed by atoms with Crippen LogP contribution in [0, 0.1) is 0 Å². The summed E-state index contributed by atoms with van der Waals surface area (Å²) in [5.74, 6) is 0.812. The Morgan fingerprint density at radius 1 is 1.39 bits per heavy atom. The Hall–Kier alpha value is -0.950. The zero-order chi connectivity index (χ0) is 16.2. The molecule has 2 aliphatic rings. The number of rotatable bonds is 7. The first-order valence-corrected chi connectivity index (χ1v) is 9.41. The van der Waals surface area contributed by atoms with Crippen molar-refractivity contribution >= 4 is 17.2 Å². The van der Waals surface area contributed by atoms with Crippen molar-refractivity contribution in [1.29, 1.82) is 0 Å². The highest BCUT2D eigenvalue weighted by molar-refractivity contribution is 7.12. The van der Waals surface area contributed by atoms with E-state index in [-0.39, 0.29) is 5.91 Å². The van der Waals surface area contributed by atoms with E-state index in [1.165, 1.54) is 18.4 Å². The van der Waals surface area contributed by atoms with Gasteiger partial charge in [0.25, 0.3) is 5.91 Å². The third-order valence-corrected chi connectivity index (χ3v) is 5.47. The van der Waals surface area contributed by atoms with Gasteiger partial charge in [-0.3, -0.25) is 9.69 Å². The first-order chi connectivity index (χ1) is 11.2. The number of piperazine rings is 1. The molecule has 1 aliphatic heterocycles. The van der Waals surface area contributed by atoms with Crippen LogP contribution in [-0.2, 0) is 4.74 Å². The fourth-order valence-corrected chi connectivity index (χ4v) is 4.04. The van der Waals surface area contributed by atoms with Crippen molar-refractivity contribution in [2.45, 2.75) is 31.8 Å². The van der Waals surface area contributed by atoms with Crippen molar-refractivity contribution in [3.8, 4) is 0 Å². The van der Waals surface area contributed by atoms with Crippen molar-refractivity contribution in [2.75, 3.05) is 45.9 Å². The van der Waals surface area contributed by atoms with Crippen LogP contribution in [0.2, 0.25) is 0 Å². The second kappa shape index (κ2) is 7.75. The van der Waals surface area contributed by atoms with Crippen molar-refractivity contribution in [3.05, 3.63) is 21.9 Å². The summed E-state index contributed by atoms with van der Waals surface area (Å²) < 4.78 is 5.25. The molecule has 0 aromatic carbocycles. The van der Waals surface area contributed by atoms with Crippen LogP contribution in [-0.4, -0.2) is 72.9 Å². The quantitative estimate of drug-likeness (QED) is 0.823. The average molecular weight is 338 g/mol. The van der Waals surface area contributed by atoms with Gasteiger partial charge in [-0.05, 0) is 42.7 Å². The highest BCUT2D eigenvalue weighted by Gasteiger charge is 2.31. The van der Waals surface area contributed by atoms with Crippen LogP contribution in [0.4, 0.5) is 0 Å². The van der Waals surface area contributed by atoms with E-state index in [0.717, 1.165) is 31.1 Å².